The van der Waals surface area contributed by atoms with Gasteiger partial charge in [0.2, 0.25) is 0 Å². The summed E-state index contributed by atoms with van der Waals surface area (Å²) in [6.07, 6.45) is 1.31. The van der Waals surface area contributed by atoms with Crippen LogP contribution in [0.1, 0.15) is 21.5 Å². The standard InChI is InChI=1S/C19H17N3O2/c1-12-8-9-13(2)16(10-12)21-18(23)15-11-20-17(22-19(15)24)14-6-4-3-5-7-14/h3-11H,1-2H3,(H,21,23)(H,20,22,24). The van der Waals surface area contributed by atoms with E-state index < -0.39 is 11.5 Å². The van der Waals surface area contributed by atoms with Crippen molar-refractivity contribution in [2.45, 2.75) is 13.8 Å². The lowest BCUT2D eigenvalue weighted by Gasteiger charge is -2.09. The molecule has 0 atom stereocenters. The fourth-order valence-electron chi connectivity index (χ4n) is 2.36. The summed E-state index contributed by atoms with van der Waals surface area (Å²) in [5, 5.41) is 2.77. The molecule has 3 rings (SSSR count). The van der Waals surface area contributed by atoms with Gasteiger partial charge in [-0.3, -0.25) is 9.59 Å². The van der Waals surface area contributed by atoms with Crippen molar-refractivity contribution in [1.82, 2.24) is 9.97 Å². The van der Waals surface area contributed by atoms with Gasteiger partial charge in [0.25, 0.3) is 11.5 Å². The number of amides is 1. The third-order valence-corrected chi connectivity index (χ3v) is 3.73. The van der Waals surface area contributed by atoms with Crippen molar-refractivity contribution in [3.05, 3.63) is 81.8 Å². The molecule has 5 nitrogen and oxygen atoms in total. The van der Waals surface area contributed by atoms with Crippen molar-refractivity contribution >= 4 is 11.6 Å². The van der Waals surface area contributed by atoms with Gasteiger partial charge in [-0.05, 0) is 31.0 Å². The normalized spacial score (nSPS) is 10.4. The van der Waals surface area contributed by atoms with Gasteiger partial charge in [-0.25, -0.2) is 4.98 Å². The summed E-state index contributed by atoms with van der Waals surface area (Å²) < 4.78 is 0. The van der Waals surface area contributed by atoms with Gasteiger partial charge in [-0.2, -0.15) is 0 Å². The number of hydrogen-bond donors (Lipinski definition) is 2. The van der Waals surface area contributed by atoms with Crippen LogP contribution in [-0.4, -0.2) is 15.9 Å². The van der Waals surface area contributed by atoms with Crippen LogP contribution in [0.15, 0.2) is 59.5 Å². The van der Waals surface area contributed by atoms with Gasteiger partial charge in [0, 0.05) is 17.4 Å². The Labute approximate surface area is 139 Å². The van der Waals surface area contributed by atoms with Crippen LogP contribution in [0.5, 0.6) is 0 Å². The maximum atomic E-state index is 12.4. The monoisotopic (exact) mass is 319 g/mol. The Hall–Kier alpha value is -3.21. The van der Waals surface area contributed by atoms with E-state index in [4.69, 9.17) is 0 Å². The van der Waals surface area contributed by atoms with Crippen molar-refractivity contribution in [3.63, 3.8) is 0 Å². The molecule has 0 unspecified atom stereocenters. The van der Waals surface area contributed by atoms with E-state index in [1.807, 2.05) is 62.4 Å². The first-order valence-corrected chi connectivity index (χ1v) is 7.58. The minimum Gasteiger partial charge on any atom is -0.322 e. The highest BCUT2D eigenvalue weighted by Crippen LogP contribution is 2.17. The second-order valence-electron chi connectivity index (χ2n) is 5.61. The SMILES string of the molecule is Cc1ccc(C)c(NC(=O)c2cnc(-c3ccccc3)[nH]c2=O)c1. The van der Waals surface area contributed by atoms with Crippen LogP contribution in [0.4, 0.5) is 5.69 Å². The van der Waals surface area contributed by atoms with E-state index in [-0.39, 0.29) is 5.56 Å². The maximum Gasteiger partial charge on any atom is 0.264 e. The minimum absolute atomic E-state index is 0.0180. The molecule has 0 spiro atoms. The van der Waals surface area contributed by atoms with Gasteiger partial charge in [-0.1, -0.05) is 42.5 Å². The summed E-state index contributed by atoms with van der Waals surface area (Å²) >= 11 is 0. The summed E-state index contributed by atoms with van der Waals surface area (Å²) in [5.74, 6) is -0.0408. The van der Waals surface area contributed by atoms with E-state index in [2.05, 4.69) is 15.3 Å². The minimum atomic E-state index is -0.475. The number of nitrogens with one attached hydrogen (secondary N) is 2. The zero-order valence-electron chi connectivity index (χ0n) is 13.5. The maximum absolute atomic E-state index is 12.4. The van der Waals surface area contributed by atoms with Crippen LogP contribution in [-0.2, 0) is 0 Å². The molecule has 0 aliphatic carbocycles. The fraction of sp³-hybridized carbons (Fsp3) is 0.105. The van der Waals surface area contributed by atoms with Crippen molar-refractivity contribution in [2.75, 3.05) is 5.32 Å². The Morgan fingerprint density at radius 1 is 1.08 bits per heavy atom. The summed E-state index contributed by atoms with van der Waals surface area (Å²) in [7, 11) is 0. The highest BCUT2D eigenvalue weighted by Gasteiger charge is 2.13. The molecule has 0 saturated heterocycles. The Kier molecular flexibility index (Phi) is 4.24. The molecule has 1 aromatic heterocycles. The van der Waals surface area contributed by atoms with Gasteiger partial charge in [0.15, 0.2) is 0 Å². The molecule has 5 heteroatoms. The second-order valence-corrected chi connectivity index (χ2v) is 5.61. The first kappa shape index (κ1) is 15.7. The van der Waals surface area contributed by atoms with E-state index in [1.165, 1.54) is 6.20 Å². The molecular weight excluding hydrogens is 302 g/mol. The van der Waals surface area contributed by atoms with E-state index >= 15 is 0 Å². The van der Waals surface area contributed by atoms with E-state index in [0.29, 0.717) is 11.5 Å². The molecule has 3 aromatic rings. The predicted octanol–water partition coefficient (Wildman–Crippen LogP) is 3.31. The Morgan fingerprint density at radius 2 is 1.83 bits per heavy atom. The Balaban J connectivity index is 1.88. The highest BCUT2D eigenvalue weighted by atomic mass is 16.2. The lowest BCUT2D eigenvalue weighted by Crippen LogP contribution is -2.24. The number of anilines is 1. The van der Waals surface area contributed by atoms with Gasteiger partial charge in [0.1, 0.15) is 11.4 Å². The quantitative estimate of drug-likeness (QED) is 0.778. The number of H-pyrrole nitrogens is 1. The van der Waals surface area contributed by atoms with Crippen molar-refractivity contribution in [3.8, 4) is 11.4 Å². The lowest BCUT2D eigenvalue weighted by molar-refractivity contribution is 0.102. The molecule has 24 heavy (non-hydrogen) atoms. The van der Waals surface area contributed by atoms with Crippen LogP contribution in [0.25, 0.3) is 11.4 Å². The first-order valence-electron chi connectivity index (χ1n) is 7.58. The number of carbonyl (C=O) groups is 1. The third kappa shape index (κ3) is 3.25. The van der Waals surface area contributed by atoms with E-state index in [1.54, 1.807) is 0 Å². The first-order chi connectivity index (χ1) is 11.5. The second kappa shape index (κ2) is 6.50. The van der Waals surface area contributed by atoms with Crippen LogP contribution in [0.3, 0.4) is 0 Å². The number of aryl methyl sites for hydroxylation is 2. The van der Waals surface area contributed by atoms with Crippen LogP contribution < -0.4 is 10.9 Å². The molecule has 1 heterocycles. The zero-order valence-corrected chi connectivity index (χ0v) is 13.5. The number of rotatable bonds is 3. The molecular formula is C19H17N3O2. The zero-order chi connectivity index (χ0) is 17.1. The van der Waals surface area contributed by atoms with Crippen LogP contribution in [0, 0.1) is 13.8 Å². The number of carbonyl (C=O) groups excluding carboxylic acids is 1. The van der Waals surface area contributed by atoms with Crippen molar-refractivity contribution in [1.29, 1.82) is 0 Å². The molecule has 0 saturated carbocycles. The predicted molar refractivity (Wildman–Crippen MR) is 94.2 cm³/mol. The molecule has 0 aliphatic rings. The summed E-state index contributed by atoms with van der Waals surface area (Å²) in [6.45, 7) is 3.84. The van der Waals surface area contributed by atoms with Crippen molar-refractivity contribution in [2.24, 2.45) is 0 Å². The molecule has 0 radical (unpaired) electrons. The van der Waals surface area contributed by atoms with E-state index in [9.17, 15) is 9.59 Å². The molecule has 0 aliphatic heterocycles. The highest BCUT2D eigenvalue weighted by molar-refractivity contribution is 6.04. The number of aromatic amines is 1. The average molecular weight is 319 g/mol. The van der Waals surface area contributed by atoms with Crippen LogP contribution >= 0.6 is 0 Å². The van der Waals surface area contributed by atoms with Gasteiger partial charge < -0.3 is 10.3 Å². The smallest absolute Gasteiger partial charge is 0.264 e. The summed E-state index contributed by atoms with van der Waals surface area (Å²) in [6, 6.07) is 15.0. The molecule has 120 valence electrons. The number of benzene rings is 2. The summed E-state index contributed by atoms with van der Waals surface area (Å²) in [4.78, 5) is 31.5. The van der Waals surface area contributed by atoms with Gasteiger partial charge >= 0.3 is 0 Å². The average Bonchev–Trinajstić information content (AvgIpc) is 2.58. The topological polar surface area (TPSA) is 74.8 Å². The Morgan fingerprint density at radius 3 is 2.54 bits per heavy atom. The van der Waals surface area contributed by atoms with Gasteiger partial charge in [-0.15, -0.1) is 0 Å². The number of aromatic nitrogens is 2. The molecule has 1 amide bonds. The molecule has 0 bridgehead atoms. The van der Waals surface area contributed by atoms with Crippen LogP contribution in [0.2, 0.25) is 0 Å². The lowest BCUT2D eigenvalue weighted by atomic mass is 10.1. The third-order valence-electron chi connectivity index (χ3n) is 3.73. The summed E-state index contributed by atoms with van der Waals surface area (Å²) in [5.41, 5.74) is 2.95. The molecule has 2 aromatic carbocycles. The molecule has 0 fully saturated rings. The van der Waals surface area contributed by atoms with E-state index in [0.717, 1.165) is 16.7 Å². The largest absolute Gasteiger partial charge is 0.322 e. The van der Waals surface area contributed by atoms with Crippen molar-refractivity contribution < 1.29 is 4.79 Å². The number of hydrogen-bond acceptors (Lipinski definition) is 3. The Bertz CT molecular complexity index is 946. The van der Waals surface area contributed by atoms with Gasteiger partial charge in [0.05, 0.1) is 0 Å². The fourth-order valence-corrected chi connectivity index (χ4v) is 2.36. The number of nitrogens with zero attached hydrogens (tertiary/aromatic N) is 1. The molecule has 2 N–H and O–H groups in total.